The maximum Gasteiger partial charge on any atom is 0.0756 e. The van der Waals surface area contributed by atoms with Crippen LogP contribution in [-0.2, 0) is 4.18 Å². The van der Waals surface area contributed by atoms with Gasteiger partial charge in [0.2, 0.25) is 0 Å². The zero-order valence-corrected chi connectivity index (χ0v) is 8.07. The summed E-state index contributed by atoms with van der Waals surface area (Å²) in [7, 11) is 1.45. The van der Waals surface area contributed by atoms with E-state index in [2.05, 4.69) is 26.5 Å². The van der Waals surface area contributed by atoms with Crippen molar-refractivity contribution in [2.24, 2.45) is 0 Å². The zero-order chi connectivity index (χ0) is 6.53. The fraction of sp³-hybridized carbons (Fsp3) is 1.00. The SMILES string of the molecule is ISOC1CCNCC1. The van der Waals surface area contributed by atoms with Gasteiger partial charge in [0.15, 0.2) is 0 Å². The van der Waals surface area contributed by atoms with Crippen molar-refractivity contribution in [3.63, 3.8) is 0 Å². The molecule has 1 aliphatic heterocycles. The van der Waals surface area contributed by atoms with E-state index in [9.17, 15) is 0 Å². The fourth-order valence-corrected chi connectivity index (χ4v) is 2.12. The van der Waals surface area contributed by atoms with Gasteiger partial charge >= 0.3 is 0 Å². The largest absolute Gasteiger partial charge is 0.317 e. The van der Waals surface area contributed by atoms with Gasteiger partial charge < -0.3 is 9.50 Å². The molecule has 0 aromatic rings. The molecule has 2 nitrogen and oxygen atoms in total. The van der Waals surface area contributed by atoms with Crippen LogP contribution in [-0.4, -0.2) is 19.2 Å². The molecule has 1 N–H and O–H groups in total. The first-order chi connectivity index (χ1) is 4.43. The summed E-state index contributed by atoms with van der Waals surface area (Å²) in [6.45, 7) is 2.23. The molecule has 0 amide bonds. The van der Waals surface area contributed by atoms with E-state index in [4.69, 9.17) is 4.18 Å². The van der Waals surface area contributed by atoms with Crippen molar-refractivity contribution in [3.05, 3.63) is 0 Å². The van der Waals surface area contributed by atoms with Gasteiger partial charge in [0.05, 0.1) is 15.3 Å². The van der Waals surface area contributed by atoms with Crippen molar-refractivity contribution in [1.29, 1.82) is 0 Å². The molecule has 9 heavy (non-hydrogen) atoms. The summed E-state index contributed by atoms with van der Waals surface area (Å²) < 4.78 is 5.35. The topological polar surface area (TPSA) is 21.3 Å². The van der Waals surface area contributed by atoms with Gasteiger partial charge in [0, 0.05) is 21.2 Å². The Labute approximate surface area is 71.9 Å². The molecule has 1 aliphatic rings. The monoisotopic (exact) mass is 259 g/mol. The van der Waals surface area contributed by atoms with Crippen LogP contribution < -0.4 is 5.32 Å². The second-order valence-corrected chi connectivity index (χ2v) is 3.51. The lowest BCUT2D eigenvalue weighted by molar-refractivity contribution is 0.197. The number of nitrogens with one attached hydrogen (secondary N) is 1. The molecular weight excluding hydrogens is 249 g/mol. The number of rotatable bonds is 2. The maximum atomic E-state index is 5.35. The molecule has 1 heterocycles. The molecule has 0 aliphatic carbocycles. The second kappa shape index (κ2) is 4.76. The van der Waals surface area contributed by atoms with Gasteiger partial charge in [-0.05, 0) is 25.9 Å². The molecule has 54 valence electrons. The minimum atomic E-state index is 0.494. The van der Waals surface area contributed by atoms with Gasteiger partial charge in [0.1, 0.15) is 0 Å². The Balaban J connectivity index is 2.08. The summed E-state index contributed by atoms with van der Waals surface area (Å²) in [5.41, 5.74) is 0. The molecule has 4 heteroatoms. The van der Waals surface area contributed by atoms with Crippen molar-refractivity contribution in [3.8, 4) is 0 Å². The van der Waals surface area contributed by atoms with Gasteiger partial charge in [-0.25, -0.2) is 0 Å². The van der Waals surface area contributed by atoms with Crippen LogP contribution >= 0.6 is 30.4 Å². The molecule has 0 spiro atoms. The number of halogens is 1. The number of piperidine rings is 1. The van der Waals surface area contributed by atoms with E-state index in [-0.39, 0.29) is 0 Å². The van der Waals surface area contributed by atoms with Crippen LogP contribution in [0.4, 0.5) is 0 Å². The van der Waals surface area contributed by atoms with Gasteiger partial charge in [-0.1, -0.05) is 0 Å². The second-order valence-electron chi connectivity index (χ2n) is 2.11. The van der Waals surface area contributed by atoms with Crippen molar-refractivity contribution >= 4 is 30.4 Å². The average Bonchev–Trinajstić information content (AvgIpc) is 1.91. The van der Waals surface area contributed by atoms with E-state index in [1.165, 1.54) is 9.21 Å². The third-order valence-corrected chi connectivity index (χ3v) is 2.43. The van der Waals surface area contributed by atoms with E-state index >= 15 is 0 Å². The van der Waals surface area contributed by atoms with Gasteiger partial charge in [-0.2, -0.15) is 0 Å². The van der Waals surface area contributed by atoms with E-state index in [0.717, 1.165) is 25.9 Å². The first-order valence-corrected chi connectivity index (χ1v) is 6.36. The normalized spacial score (nSPS) is 22.3. The standard InChI is InChI=1S/C5H10INOS/c6-9-8-5-1-3-7-4-2-5/h5,7H,1-4H2. The molecule has 1 saturated heterocycles. The number of hydrogen-bond acceptors (Lipinski definition) is 3. The fourth-order valence-electron chi connectivity index (χ4n) is 0.943. The summed E-state index contributed by atoms with van der Waals surface area (Å²) >= 11 is 2.16. The molecule has 0 radical (unpaired) electrons. The van der Waals surface area contributed by atoms with Crippen molar-refractivity contribution in [2.75, 3.05) is 13.1 Å². The molecule has 0 unspecified atom stereocenters. The molecule has 0 bridgehead atoms. The third-order valence-electron chi connectivity index (χ3n) is 1.46. The van der Waals surface area contributed by atoms with Gasteiger partial charge in [-0.3, -0.25) is 0 Å². The van der Waals surface area contributed by atoms with Crippen molar-refractivity contribution in [2.45, 2.75) is 18.9 Å². The van der Waals surface area contributed by atoms with Crippen molar-refractivity contribution < 1.29 is 4.18 Å². The van der Waals surface area contributed by atoms with Crippen LogP contribution in [0.3, 0.4) is 0 Å². The maximum absolute atomic E-state index is 5.35. The highest BCUT2D eigenvalue weighted by Gasteiger charge is 2.12. The predicted molar refractivity (Wildman–Crippen MR) is 48.6 cm³/mol. The van der Waals surface area contributed by atoms with E-state index in [1.54, 1.807) is 0 Å². The Morgan fingerprint density at radius 1 is 1.44 bits per heavy atom. The average molecular weight is 259 g/mol. The summed E-state index contributed by atoms with van der Waals surface area (Å²) in [6, 6.07) is 0. The van der Waals surface area contributed by atoms with Gasteiger partial charge in [0.25, 0.3) is 0 Å². The Kier molecular flexibility index (Phi) is 4.28. The van der Waals surface area contributed by atoms with Crippen LogP contribution in [0, 0.1) is 0 Å². The van der Waals surface area contributed by atoms with E-state index in [1.807, 2.05) is 0 Å². The molecule has 0 saturated carbocycles. The molecule has 0 aromatic carbocycles. The molecule has 1 fully saturated rings. The van der Waals surface area contributed by atoms with Crippen LogP contribution in [0.25, 0.3) is 0 Å². The van der Waals surface area contributed by atoms with E-state index < -0.39 is 0 Å². The highest BCUT2D eigenvalue weighted by atomic mass is 127. The summed E-state index contributed by atoms with van der Waals surface area (Å²) in [4.78, 5) is 0. The Hall–Kier alpha value is 1.00. The quantitative estimate of drug-likeness (QED) is 0.603. The van der Waals surface area contributed by atoms with E-state index in [0.29, 0.717) is 6.10 Å². The van der Waals surface area contributed by atoms with Crippen LogP contribution in [0.2, 0.25) is 0 Å². The highest BCUT2D eigenvalue weighted by Crippen LogP contribution is 2.20. The Morgan fingerprint density at radius 2 is 2.11 bits per heavy atom. The lowest BCUT2D eigenvalue weighted by atomic mass is 10.1. The molecular formula is C5H10INOS. The van der Waals surface area contributed by atoms with Crippen LogP contribution in [0.15, 0.2) is 0 Å². The lowest BCUT2D eigenvalue weighted by Crippen LogP contribution is -2.31. The third kappa shape index (κ3) is 3.06. The zero-order valence-electron chi connectivity index (χ0n) is 5.10. The summed E-state index contributed by atoms with van der Waals surface area (Å²) in [6.07, 6.45) is 2.82. The first-order valence-electron chi connectivity index (χ1n) is 3.08. The van der Waals surface area contributed by atoms with Crippen LogP contribution in [0.5, 0.6) is 0 Å². The minimum Gasteiger partial charge on any atom is -0.317 e. The van der Waals surface area contributed by atoms with Crippen LogP contribution in [0.1, 0.15) is 12.8 Å². The number of hydrogen-bond donors (Lipinski definition) is 1. The summed E-state index contributed by atoms with van der Waals surface area (Å²) in [5, 5.41) is 3.28. The first kappa shape index (κ1) is 8.10. The lowest BCUT2D eigenvalue weighted by Gasteiger charge is -2.20. The Bertz CT molecular complexity index is 74.6. The smallest absolute Gasteiger partial charge is 0.0756 e. The molecule has 0 atom stereocenters. The molecule has 1 rings (SSSR count). The van der Waals surface area contributed by atoms with Gasteiger partial charge in [-0.15, -0.1) is 0 Å². The predicted octanol–water partition coefficient (Wildman–Crippen LogP) is 1.75. The molecule has 0 aromatic heterocycles. The summed E-state index contributed by atoms with van der Waals surface area (Å²) in [5.74, 6) is 0. The van der Waals surface area contributed by atoms with Crippen molar-refractivity contribution in [1.82, 2.24) is 5.32 Å². The highest BCUT2D eigenvalue weighted by molar-refractivity contribution is 14.2. The Morgan fingerprint density at radius 3 is 2.67 bits per heavy atom. The minimum absolute atomic E-state index is 0.494.